The lowest BCUT2D eigenvalue weighted by molar-refractivity contribution is -0.121. The van der Waals surface area contributed by atoms with Gasteiger partial charge >= 0.3 is 0 Å². The number of carbonyl (C=O) groups is 1. The van der Waals surface area contributed by atoms with E-state index in [1.54, 1.807) is 0 Å². The van der Waals surface area contributed by atoms with E-state index in [1.807, 2.05) is 12.3 Å². The van der Waals surface area contributed by atoms with Crippen LogP contribution in [-0.2, 0) is 16.1 Å². The molecule has 0 spiro atoms. The summed E-state index contributed by atoms with van der Waals surface area (Å²) in [6, 6.07) is 3.99. The highest BCUT2D eigenvalue weighted by atomic mass is 16.5. The van der Waals surface area contributed by atoms with Gasteiger partial charge in [-0.3, -0.25) is 4.79 Å². The number of morpholine rings is 1. The molecule has 126 valence electrons. The van der Waals surface area contributed by atoms with E-state index in [2.05, 4.69) is 21.3 Å². The summed E-state index contributed by atoms with van der Waals surface area (Å²) in [6.07, 6.45) is 8.78. The van der Waals surface area contributed by atoms with Gasteiger partial charge in [0, 0.05) is 37.8 Å². The van der Waals surface area contributed by atoms with Gasteiger partial charge in [0.25, 0.3) is 0 Å². The number of aromatic nitrogens is 1. The van der Waals surface area contributed by atoms with E-state index < -0.39 is 0 Å². The summed E-state index contributed by atoms with van der Waals surface area (Å²) in [7, 11) is 0. The van der Waals surface area contributed by atoms with Gasteiger partial charge in [-0.15, -0.1) is 0 Å². The lowest BCUT2D eigenvalue weighted by atomic mass is 10.0. The first kappa shape index (κ1) is 16.2. The molecule has 1 amide bonds. The van der Waals surface area contributed by atoms with Crippen LogP contribution in [0.15, 0.2) is 18.3 Å². The van der Waals surface area contributed by atoms with E-state index in [9.17, 15) is 4.79 Å². The van der Waals surface area contributed by atoms with Gasteiger partial charge in [0.1, 0.15) is 5.82 Å². The summed E-state index contributed by atoms with van der Waals surface area (Å²) < 4.78 is 5.40. The third kappa shape index (κ3) is 4.67. The van der Waals surface area contributed by atoms with Crippen molar-refractivity contribution in [2.45, 2.75) is 45.1 Å². The van der Waals surface area contributed by atoms with E-state index in [0.717, 1.165) is 50.0 Å². The number of amides is 1. The number of pyridine rings is 1. The maximum absolute atomic E-state index is 12.1. The van der Waals surface area contributed by atoms with Crippen LogP contribution >= 0.6 is 0 Å². The van der Waals surface area contributed by atoms with Gasteiger partial charge in [-0.25, -0.2) is 4.98 Å². The Bertz CT molecular complexity index is 509. The average molecular weight is 317 g/mol. The molecule has 1 aromatic rings. The Hall–Kier alpha value is -1.62. The molecule has 1 saturated heterocycles. The van der Waals surface area contributed by atoms with Crippen molar-refractivity contribution in [1.82, 2.24) is 10.3 Å². The Balaban J connectivity index is 1.50. The van der Waals surface area contributed by atoms with Crippen molar-refractivity contribution in [3.63, 3.8) is 0 Å². The first-order chi connectivity index (χ1) is 11.3. The van der Waals surface area contributed by atoms with Crippen molar-refractivity contribution in [2.24, 2.45) is 5.92 Å². The summed E-state index contributed by atoms with van der Waals surface area (Å²) in [4.78, 5) is 18.8. The topological polar surface area (TPSA) is 54.5 Å². The van der Waals surface area contributed by atoms with E-state index >= 15 is 0 Å². The van der Waals surface area contributed by atoms with Crippen molar-refractivity contribution in [3.8, 4) is 0 Å². The smallest absolute Gasteiger partial charge is 0.220 e. The van der Waals surface area contributed by atoms with Crippen molar-refractivity contribution in [3.05, 3.63) is 23.9 Å². The molecule has 1 saturated carbocycles. The number of nitrogens with zero attached hydrogens (tertiary/aromatic N) is 2. The first-order valence-corrected chi connectivity index (χ1v) is 8.86. The van der Waals surface area contributed by atoms with Crippen molar-refractivity contribution in [2.75, 3.05) is 31.2 Å². The minimum atomic E-state index is 0.161. The molecule has 3 rings (SSSR count). The highest BCUT2D eigenvalue weighted by Crippen LogP contribution is 2.28. The Labute approximate surface area is 138 Å². The lowest BCUT2D eigenvalue weighted by Crippen LogP contribution is -2.37. The van der Waals surface area contributed by atoms with Crippen LogP contribution in [0.3, 0.4) is 0 Å². The largest absolute Gasteiger partial charge is 0.378 e. The van der Waals surface area contributed by atoms with E-state index in [4.69, 9.17) is 4.74 Å². The molecule has 0 aromatic carbocycles. The number of hydrogen-bond acceptors (Lipinski definition) is 4. The van der Waals surface area contributed by atoms with E-state index in [1.165, 1.54) is 25.7 Å². The number of hydrogen-bond donors (Lipinski definition) is 1. The SMILES string of the molecule is O=C(CCC1CCCC1)NCc1cccnc1N1CCOCC1. The molecule has 5 heteroatoms. The fraction of sp³-hybridized carbons (Fsp3) is 0.667. The predicted octanol–water partition coefficient (Wildman–Crippen LogP) is 2.50. The Kier molecular flexibility index (Phi) is 5.86. The molecular weight excluding hydrogens is 290 g/mol. The fourth-order valence-corrected chi connectivity index (χ4v) is 3.54. The molecule has 2 fully saturated rings. The second kappa shape index (κ2) is 8.29. The van der Waals surface area contributed by atoms with E-state index in [-0.39, 0.29) is 5.91 Å². The highest BCUT2D eigenvalue weighted by molar-refractivity contribution is 5.76. The molecule has 2 heterocycles. The molecule has 1 aromatic heterocycles. The maximum atomic E-state index is 12.1. The molecule has 5 nitrogen and oxygen atoms in total. The van der Waals surface area contributed by atoms with Gasteiger partial charge in [0.05, 0.1) is 13.2 Å². The third-order valence-corrected chi connectivity index (χ3v) is 4.91. The van der Waals surface area contributed by atoms with Crippen LogP contribution in [0.1, 0.15) is 44.1 Å². The van der Waals surface area contributed by atoms with Gasteiger partial charge in [0.2, 0.25) is 5.91 Å². The fourth-order valence-electron chi connectivity index (χ4n) is 3.54. The average Bonchev–Trinajstić information content (AvgIpc) is 3.13. The maximum Gasteiger partial charge on any atom is 0.220 e. The Morgan fingerprint density at radius 3 is 2.87 bits per heavy atom. The van der Waals surface area contributed by atoms with Crippen LogP contribution in [0.25, 0.3) is 0 Å². The molecule has 1 N–H and O–H groups in total. The summed E-state index contributed by atoms with van der Waals surface area (Å²) in [5.41, 5.74) is 1.09. The van der Waals surface area contributed by atoms with Crippen LogP contribution in [0.4, 0.5) is 5.82 Å². The summed E-state index contributed by atoms with van der Waals surface area (Å²) in [6.45, 7) is 3.76. The summed E-state index contributed by atoms with van der Waals surface area (Å²) in [5.74, 6) is 1.91. The number of carbonyl (C=O) groups excluding carboxylic acids is 1. The van der Waals surface area contributed by atoms with Crippen LogP contribution in [-0.4, -0.2) is 37.2 Å². The van der Waals surface area contributed by atoms with Crippen LogP contribution in [0.5, 0.6) is 0 Å². The molecular formula is C18H27N3O2. The zero-order valence-electron chi connectivity index (χ0n) is 13.8. The van der Waals surface area contributed by atoms with Gasteiger partial charge in [0.15, 0.2) is 0 Å². The normalized spacial score (nSPS) is 19.0. The minimum Gasteiger partial charge on any atom is -0.378 e. The zero-order valence-corrected chi connectivity index (χ0v) is 13.8. The van der Waals surface area contributed by atoms with Crippen LogP contribution in [0, 0.1) is 5.92 Å². The lowest BCUT2D eigenvalue weighted by Gasteiger charge is -2.29. The second-order valence-electron chi connectivity index (χ2n) is 6.55. The highest BCUT2D eigenvalue weighted by Gasteiger charge is 2.18. The summed E-state index contributed by atoms with van der Waals surface area (Å²) >= 11 is 0. The number of ether oxygens (including phenoxy) is 1. The van der Waals surface area contributed by atoms with Gasteiger partial charge in [-0.05, 0) is 18.4 Å². The quantitative estimate of drug-likeness (QED) is 0.876. The number of nitrogens with one attached hydrogen (secondary N) is 1. The molecule has 0 atom stereocenters. The van der Waals surface area contributed by atoms with Crippen LogP contribution in [0.2, 0.25) is 0 Å². The molecule has 2 aliphatic rings. The zero-order chi connectivity index (χ0) is 15.9. The number of anilines is 1. The molecule has 1 aliphatic heterocycles. The molecule has 0 bridgehead atoms. The number of rotatable bonds is 6. The second-order valence-corrected chi connectivity index (χ2v) is 6.55. The standard InChI is InChI=1S/C18H27N3O2/c22-17(8-7-15-4-1-2-5-15)20-14-16-6-3-9-19-18(16)21-10-12-23-13-11-21/h3,6,9,15H,1-2,4-5,7-8,10-14H2,(H,20,22). The van der Waals surface area contributed by atoms with Crippen molar-refractivity contribution >= 4 is 11.7 Å². The van der Waals surface area contributed by atoms with Gasteiger partial charge < -0.3 is 15.0 Å². The third-order valence-electron chi connectivity index (χ3n) is 4.91. The molecule has 0 unspecified atom stereocenters. The van der Waals surface area contributed by atoms with E-state index in [0.29, 0.717) is 13.0 Å². The molecule has 23 heavy (non-hydrogen) atoms. The minimum absolute atomic E-state index is 0.161. The first-order valence-electron chi connectivity index (χ1n) is 8.86. The monoisotopic (exact) mass is 317 g/mol. The Morgan fingerprint density at radius 2 is 2.09 bits per heavy atom. The summed E-state index contributed by atoms with van der Waals surface area (Å²) in [5, 5.41) is 3.07. The molecule has 1 aliphatic carbocycles. The van der Waals surface area contributed by atoms with Gasteiger partial charge in [-0.2, -0.15) is 0 Å². The Morgan fingerprint density at radius 1 is 1.30 bits per heavy atom. The van der Waals surface area contributed by atoms with Crippen molar-refractivity contribution < 1.29 is 9.53 Å². The molecule has 0 radical (unpaired) electrons. The van der Waals surface area contributed by atoms with Crippen LogP contribution < -0.4 is 10.2 Å². The van der Waals surface area contributed by atoms with Crippen molar-refractivity contribution in [1.29, 1.82) is 0 Å². The van der Waals surface area contributed by atoms with Gasteiger partial charge in [-0.1, -0.05) is 31.7 Å². The predicted molar refractivity (Wildman–Crippen MR) is 90.3 cm³/mol.